The van der Waals surface area contributed by atoms with Gasteiger partial charge in [0.1, 0.15) is 11.8 Å². The molecule has 1 aliphatic rings. The smallest absolute Gasteiger partial charge is 0.273 e. The Morgan fingerprint density at radius 3 is 2.88 bits per heavy atom. The molecule has 1 aliphatic carbocycles. The van der Waals surface area contributed by atoms with Crippen LogP contribution in [-0.4, -0.2) is 24.0 Å². The number of amides is 1. The van der Waals surface area contributed by atoms with Crippen molar-refractivity contribution in [2.45, 2.75) is 18.9 Å². The molecule has 0 radical (unpaired) electrons. The van der Waals surface area contributed by atoms with Crippen molar-refractivity contribution in [1.82, 2.24) is 10.3 Å². The van der Waals surface area contributed by atoms with E-state index in [4.69, 9.17) is 13.6 Å². The zero-order valence-corrected chi connectivity index (χ0v) is 14.1. The van der Waals surface area contributed by atoms with Gasteiger partial charge in [-0.2, -0.15) is 0 Å². The highest BCUT2D eigenvalue weighted by Gasteiger charge is 2.26. The largest absolute Gasteiger partial charge is 0.493 e. The molecule has 2 aromatic carbocycles. The van der Waals surface area contributed by atoms with Crippen molar-refractivity contribution in [1.29, 1.82) is 0 Å². The van der Waals surface area contributed by atoms with Gasteiger partial charge in [0.05, 0.1) is 7.11 Å². The minimum Gasteiger partial charge on any atom is -0.493 e. The Bertz CT molecular complexity index is 1140. The van der Waals surface area contributed by atoms with E-state index in [-0.39, 0.29) is 17.6 Å². The summed E-state index contributed by atoms with van der Waals surface area (Å²) in [5.41, 5.74) is 2.43. The van der Waals surface area contributed by atoms with Crippen LogP contribution in [0.1, 0.15) is 23.3 Å². The van der Waals surface area contributed by atoms with Crippen molar-refractivity contribution in [3.05, 3.63) is 48.4 Å². The number of carbonyl (C=O) groups excluding carboxylic acids is 1. The van der Waals surface area contributed by atoms with Crippen LogP contribution in [0.4, 0.5) is 0 Å². The van der Waals surface area contributed by atoms with Crippen LogP contribution in [-0.2, 0) is 0 Å². The maximum absolute atomic E-state index is 12.2. The molecule has 0 unspecified atom stereocenters. The number of hydrogen-bond donors (Lipinski definition) is 1. The van der Waals surface area contributed by atoms with Gasteiger partial charge in [0.2, 0.25) is 5.89 Å². The van der Waals surface area contributed by atoms with Crippen molar-refractivity contribution < 1.29 is 18.4 Å². The van der Waals surface area contributed by atoms with E-state index in [2.05, 4.69) is 10.3 Å². The van der Waals surface area contributed by atoms with Crippen LogP contribution in [0.2, 0.25) is 0 Å². The predicted octanol–water partition coefficient (Wildman–Crippen LogP) is 4.14. The fourth-order valence-corrected chi connectivity index (χ4v) is 3.13. The minimum atomic E-state index is -0.204. The van der Waals surface area contributed by atoms with E-state index in [1.807, 2.05) is 36.4 Å². The number of para-hydroxylation sites is 1. The molecular formula is C20H16N2O4. The molecule has 0 bridgehead atoms. The molecule has 2 heterocycles. The molecule has 1 amide bonds. The third-order valence-electron chi connectivity index (χ3n) is 4.59. The first-order valence-corrected chi connectivity index (χ1v) is 8.49. The Balaban J connectivity index is 1.67. The van der Waals surface area contributed by atoms with Gasteiger partial charge in [0, 0.05) is 22.4 Å². The molecule has 26 heavy (non-hydrogen) atoms. The number of fused-ring (bicyclic) bond motifs is 3. The quantitative estimate of drug-likeness (QED) is 0.600. The summed E-state index contributed by atoms with van der Waals surface area (Å²) < 4.78 is 17.0. The van der Waals surface area contributed by atoms with Crippen LogP contribution in [0.3, 0.4) is 0 Å². The highest BCUT2D eigenvalue weighted by Crippen LogP contribution is 2.40. The number of hydrogen-bond acceptors (Lipinski definition) is 5. The number of nitrogens with one attached hydrogen (secondary N) is 1. The zero-order valence-electron chi connectivity index (χ0n) is 14.1. The Hall–Kier alpha value is -3.28. The first-order valence-electron chi connectivity index (χ1n) is 8.49. The Labute approximate surface area is 148 Å². The van der Waals surface area contributed by atoms with Crippen molar-refractivity contribution >= 4 is 27.8 Å². The van der Waals surface area contributed by atoms with Gasteiger partial charge in [-0.15, -0.1) is 0 Å². The standard InChI is InChI=1S/C20H16N2O4/c1-24-16-9-8-13(17-12-4-2-3-5-15(12)26-18(16)17)20-22-14(10-25-20)19(23)21-11-6-7-11/h2-5,8-11H,6-7H2,1H3,(H,21,23). The molecule has 130 valence electrons. The predicted molar refractivity (Wildman–Crippen MR) is 96.3 cm³/mol. The summed E-state index contributed by atoms with van der Waals surface area (Å²) in [5, 5.41) is 4.72. The molecule has 4 aromatic rings. The highest BCUT2D eigenvalue weighted by atomic mass is 16.5. The molecule has 6 nitrogen and oxygen atoms in total. The lowest BCUT2D eigenvalue weighted by Gasteiger charge is -2.03. The second-order valence-electron chi connectivity index (χ2n) is 6.40. The van der Waals surface area contributed by atoms with E-state index < -0.39 is 0 Å². The molecule has 0 saturated heterocycles. The van der Waals surface area contributed by atoms with Gasteiger partial charge in [0.25, 0.3) is 5.91 Å². The molecule has 2 aromatic heterocycles. The van der Waals surface area contributed by atoms with E-state index in [9.17, 15) is 4.79 Å². The van der Waals surface area contributed by atoms with E-state index in [1.165, 1.54) is 6.26 Å². The summed E-state index contributed by atoms with van der Waals surface area (Å²) in [4.78, 5) is 16.6. The van der Waals surface area contributed by atoms with Crippen LogP contribution in [0.5, 0.6) is 5.75 Å². The number of carbonyl (C=O) groups is 1. The summed E-state index contributed by atoms with van der Waals surface area (Å²) in [7, 11) is 1.60. The molecular weight excluding hydrogens is 332 g/mol. The van der Waals surface area contributed by atoms with Crippen LogP contribution >= 0.6 is 0 Å². The molecule has 1 N–H and O–H groups in total. The first-order chi connectivity index (χ1) is 12.7. The number of benzene rings is 2. The van der Waals surface area contributed by atoms with E-state index in [0.717, 1.165) is 34.8 Å². The SMILES string of the molecule is COc1ccc(-c2nc(C(=O)NC3CC3)co2)c2c1oc1ccccc12. The number of oxazole rings is 1. The number of ether oxygens (including phenoxy) is 1. The Morgan fingerprint density at radius 1 is 1.23 bits per heavy atom. The third kappa shape index (κ3) is 2.34. The lowest BCUT2D eigenvalue weighted by molar-refractivity contribution is 0.0946. The summed E-state index contributed by atoms with van der Waals surface area (Å²) >= 11 is 0. The number of furan rings is 1. The van der Waals surface area contributed by atoms with Crippen molar-refractivity contribution in [2.24, 2.45) is 0 Å². The fourth-order valence-electron chi connectivity index (χ4n) is 3.13. The summed E-state index contributed by atoms with van der Waals surface area (Å²) in [6.45, 7) is 0. The summed E-state index contributed by atoms with van der Waals surface area (Å²) in [6, 6.07) is 11.7. The monoisotopic (exact) mass is 348 g/mol. The van der Waals surface area contributed by atoms with Crippen molar-refractivity contribution in [3.8, 4) is 17.2 Å². The molecule has 1 fully saturated rings. The van der Waals surface area contributed by atoms with Gasteiger partial charge in [-0.05, 0) is 31.0 Å². The normalized spacial score (nSPS) is 14.0. The number of nitrogens with zero attached hydrogens (tertiary/aromatic N) is 1. The van der Waals surface area contributed by atoms with Crippen LogP contribution in [0, 0.1) is 0 Å². The van der Waals surface area contributed by atoms with Gasteiger partial charge < -0.3 is 18.9 Å². The Kier molecular flexibility index (Phi) is 3.25. The summed E-state index contributed by atoms with van der Waals surface area (Å²) in [6.07, 6.45) is 3.44. The second kappa shape index (κ2) is 5.62. The van der Waals surface area contributed by atoms with Gasteiger partial charge >= 0.3 is 0 Å². The maximum Gasteiger partial charge on any atom is 0.273 e. The molecule has 6 heteroatoms. The van der Waals surface area contributed by atoms with Crippen LogP contribution < -0.4 is 10.1 Å². The topological polar surface area (TPSA) is 77.5 Å². The number of aromatic nitrogens is 1. The number of rotatable bonds is 4. The van der Waals surface area contributed by atoms with Crippen molar-refractivity contribution in [3.63, 3.8) is 0 Å². The average Bonchev–Trinajstić information content (AvgIpc) is 3.20. The van der Waals surface area contributed by atoms with Gasteiger partial charge in [-0.25, -0.2) is 4.98 Å². The molecule has 0 spiro atoms. The second-order valence-corrected chi connectivity index (χ2v) is 6.40. The van der Waals surface area contributed by atoms with E-state index >= 15 is 0 Å². The fraction of sp³-hybridized carbons (Fsp3) is 0.200. The van der Waals surface area contributed by atoms with E-state index in [1.54, 1.807) is 7.11 Å². The van der Waals surface area contributed by atoms with Gasteiger partial charge in [0.15, 0.2) is 17.0 Å². The lowest BCUT2D eigenvalue weighted by Crippen LogP contribution is -2.25. The Morgan fingerprint density at radius 2 is 2.08 bits per heavy atom. The molecule has 0 aliphatic heterocycles. The molecule has 5 rings (SSSR count). The minimum absolute atomic E-state index is 0.204. The average molecular weight is 348 g/mol. The molecule has 1 saturated carbocycles. The van der Waals surface area contributed by atoms with Crippen molar-refractivity contribution in [2.75, 3.05) is 7.11 Å². The third-order valence-corrected chi connectivity index (χ3v) is 4.59. The van der Waals surface area contributed by atoms with Gasteiger partial charge in [-0.3, -0.25) is 4.79 Å². The lowest BCUT2D eigenvalue weighted by atomic mass is 10.1. The van der Waals surface area contributed by atoms with Gasteiger partial charge in [-0.1, -0.05) is 18.2 Å². The zero-order chi connectivity index (χ0) is 17.7. The van der Waals surface area contributed by atoms with Crippen LogP contribution in [0.15, 0.2) is 51.5 Å². The number of methoxy groups -OCH3 is 1. The molecule has 0 atom stereocenters. The maximum atomic E-state index is 12.2. The van der Waals surface area contributed by atoms with E-state index in [0.29, 0.717) is 17.2 Å². The highest BCUT2D eigenvalue weighted by molar-refractivity contribution is 6.13. The summed E-state index contributed by atoms with van der Waals surface area (Å²) in [5.74, 6) is 0.813. The van der Waals surface area contributed by atoms with Crippen LogP contribution in [0.25, 0.3) is 33.4 Å². The first kappa shape index (κ1) is 15.0.